The van der Waals surface area contributed by atoms with Crippen LogP contribution in [0.4, 0.5) is 4.39 Å². The maximum atomic E-state index is 14.0. The van der Waals surface area contributed by atoms with Gasteiger partial charge in [0.25, 0.3) is 5.91 Å². The van der Waals surface area contributed by atoms with Gasteiger partial charge >= 0.3 is 5.97 Å². The summed E-state index contributed by atoms with van der Waals surface area (Å²) in [6.45, 7) is 0. The molecule has 0 fully saturated rings. The molecule has 0 radical (unpaired) electrons. The van der Waals surface area contributed by atoms with Gasteiger partial charge in [-0.2, -0.15) is 0 Å². The quantitative estimate of drug-likeness (QED) is 0.819. The Morgan fingerprint density at radius 3 is 2.14 bits per heavy atom. The number of rotatable bonds is 3. The van der Waals surface area contributed by atoms with E-state index in [9.17, 15) is 14.0 Å². The van der Waals surface area contributed by atoms with Gasteiger partial charge in [0.2, 0.25) is 0 Å². The SMILES string of the molecule is COC(=O)c1ccc(F)c(-c2ccc(C(=O)N(C)C)cc2)c1. The second-order valence-electron chi connectivity index (χ2n) is 4.96. The van der Waals surface area contributed by atoms with Crippen LogP contribution < -0.4 is 0 Å². The van der Waals surface area contributed by atoms with E-state index in [1.165, 1.54) is 30.2 Å². The van der Waals surface area contributed by atoms with E-state index in [4.69, 9.17) is 0 Å². The lowest BCUT2D eigenvalue weighted by atomic mass is 10.0. The van der Waals surface area contributed by atoms with Gasteiger partial charge in [-0.15, -0.1) is 0 Å². The molecule has 0 aromatic heterocycles. The zero-order chi connectivity index (χ0) is 16.3. The predicted molar refractivity (Wildman–Crippen MR) is 81.2 cm³/mol. The number of hydrogen-bond acceptors (Lipinski definition) is 3. The molecule has 2 rings (SSSR count). The van der Waals surface area contributed by atoms with Crippen LogP contribution in [0.2, 0.25) is 0 Å². The number of ether oxygens (including phenoxy) is 1. The Labute approximate surface area is 128 Å². The zero-order valence-corrected chi connectivity index (χ0v) is 12.6. The maximum absolute atomic E-state index is 14.0. The number of hydrogen-bond donors (Lipinski definition) is 0. The summed E-state index contributed by atoms with van der Waals surface area (Å²) in [7, 11) is 4.60. The maximum Gasteiger partial charge on any atom is 0.337 e. The molecule has 4 nitrogen and oxygen atoms in total. The Bertz CT molecular complexity index is 708. The van der Waals surface area contributed by atoms with Gasteiger partial charge in [-0.1, -0.05) is 12.1 Å². The number of carbonyl (C=O) groups excluding carboxylic acids is 2. The van der Waals surface area contributed by atoms with Crippen molar-refractivity contribution in [2.24, 2.45) is 0 Å². The van der Waals surface area contributed by atoms with Crippen LogP contribution in [0.25, 0.3) is 11.1 Å². The Morgan fingerprint density at radius 2 is 1.59 bits per heavy atom. The first-order chi connectivity index (χ1) is 10.4. The summed E-state index contributed by atoms with van der Waals surface area (Å²) in [5.74, 6) is -1.10. The van der Waals surface area contributed by atoms with Crippen LogP contribution >= 0.6 is 0 Å². The number of esters is 1. The molecule has 22 heavy (non-hydrogen) atoms. The third kappa shape index (κ3) is 3.14. The number of halogens is 1. The number of nitrogens with zero attached hydrogens (tertiary/aromatic N) is 1. The van der Waals surface area contributed by atoms with Gasteiger partial charge in [-0.25, -0.2) is 9.18 Å². The molecule has 0 aliphatic rings. The highest BCUT2D eigenvalue weighted by Gasteiger charge is 2.13. The first-order valence-electron chi connectivity index (χ1n) is 6.64. The standard InChI is InChI=1S/C17H16FNO3/c1-19(2)16(20)12-6-4-11(5-7-12)14-10-13(17(21)22-3)8-9-15(14)18/h4-10H,1-3H3. The summed E-state index contributed by atoms with van der Waals surface area (Å²) in [6.07, 6.45) is 0. The molecule has 1 amide bonds. The molecule has 2 aromatic rings. The van der Waals surface area contributed by atoms with Gasteiger partial charge in [-0.05, 0) is 35.9 Å². The van der Waals surface area contributed by atoms with E-state index in [1.54, 1.807) is 38.4 Å². The zero-order valence-electron chi connectivity index (χ0n) is 12.6. The normalized spacial score (nSPS) is 10.2. The second-order valence-corrected chi connectivity index (χ2v) is 4.96. The minimum Gasteiger partial charge on any atom is -0.465 e. The molecule has 0 aliphatic heterocycles. The summed E-state index contributed by atoms with van der Waals surface area (Å²) in [5, 5.41) is 0. The van der Waals surface area contributed by atoms with Crippen molar-refractivity contribution in [3.8, 4) is 11.1 Å². The lowest BCUT2D eigenvalue weighted by Gasteiger charge is -2.11. The predicted octanol–water partition coefficient (Wildman–Crippen LogP) is 2.98. The van der Waals surface area contributed by atoms with Gasteiger partial charge < -0.3 is 9.64 Å². The van der Waals surface area contributed by atoms with Crippen molar-refractivity contribution in [3.63, 3.8) is 0 Å². The average molecular weight is 301 g/mol. The molecule has 0 bridgehead atoms. The lowest BCUT2D eigenvalue weighted by molar-refractivity contribution is 0.0600. The molecule has 0 spiro atoms. The Morgan fingerprint density at radius 1 is 1.00 bits per heavy atom. The van der Waals surface area contributed by atoms with E-state index in [0.717, 1.165) is 0 Å². The smallest absolute Gasteiger partial charge is 0.337 e. The first kappa shape index (κ1) is 15.7. The topological polar surface area (TPSA) is 46.6 Å². The average Bonchev–Trinajstić information content (AvgIpc) is 2.54. The van der Waals surface area contributed by atoms with Crippen LogP contribution in [-0.2, 0) is 4.74 Å². The molecule has 114 valence electrons. The van der Waals surface area contributed by atoms with E-state index in [-0.39, 0.29) is 17.0 Å². The highest BCUT2D eigenvalue weighted by molar-refractivity contribution is 5.94. The number of benzene rings is 2. The van der Waals surface area contributed by atoms with Gasteiger partial charge in [0.05, 0.1) is 12.7 Å². The molecule has 0 heterocycles. The van der Waals surface area contributed by atoms with Crippen LogP contribution in [0.3, 0.4) is 0 Å². The van der Waals surface area contributed by atoms with E-state index >= 15 is 0 Å². The van der Waals surface area contributed by atoms with Gasteiger partial charge in [0.1, 0.15) is 5.82 Å². The van der Waals surface area contributed by atoms with E-state index in [0.29, 0.717) is 11.1 Å². The number of carbonyl (C=O) groups is 2. The molecule has 0 unspecified atom stereocenters. The Hall–Kier alpha value is -2.69. The molecule has 0 atom stereocenters. The highest BCUT2D eigenvalue weighted by atomic mass is 19.1. The van der Waals surface area contributed by atoms with Crippen molar-refractivity contribution in [1.29, 1.82) is 0 Å². The Kier molecular flexibility index (Phi) is 4.56. The summed E-state index contributed by atoms with van der Waals surface area (Å²) in [5.41, 5.74) is 1.65. The molecular weight excluding hydrogens is 285 g/mol. The molecular formula is C17H16FNO3. The first-order valence-corrected chi connectivity index (χ1v) is 6.64. The summed E-state index contributed by atoms with van der Waals surface area (Å²) < 4.78 is 18.6. The molecule has 2 aromatic carbocycles. The van der Waals surface area contributed by atoms with Crippen molar-refractivity contribution in [2.45, 2.75) is 0 Å². The number of methoxy groups -OCH3 is 1. The van der Waals surface area contributed by atoms with Crippen molar-refractivity contribution in [1.82, 2.24) is 4.90 Å². The molecule has 5 heteroatoms. The molecule has 0 saturated carbocycles. The molecule has 0 saturated heterocycles. The third-order valence-electron chi connectivity index (χ3n) is 3.24. The van der Waals surface area contributed by atoms with E-state index < -0.39 is 11.8 Å². The third-order valence-corrected chi connectivity index (χ3v) is 3.24. The molecule has 0 aliphatic carbocycles. The van der Waals surface area contributed by atoms with Gasteiger partial charge in [0, 0.05) is 25.2 Å². The van der Waals surface area contributed by atoms with Gasteiger partial charge in [-0.3, -0.25) is 4.79 Å². The van der Waals surface area contributed by atoms with Crippen LogP contribution in [0.1, 0.15) is 20.7 Å². The number of amides is 1. The molecule has 0 N–H and O–H groups in total. The van der Waals surface area contributed by atoms with Crippen molar-refractivity contribution >= 4 is 11.9 Å². The fraction of sp³-hybridized carbons (Fsp3) is 0.176. The lowest BCUT2D eigenvalue weighted by Crippen LogP contribution is -2.21. The van der Waals surface area contributed by atoms with Crippen LogP contribution in [-0.4, -0.2) is 38.0 Å². The fourth-order valence-corrected chi connectivity index (χ4v) is 2.04. The van der Waals surface area contributed by atoms with Crippen LogP contribution in [0.15, 0.2) is 42.5 Å². The van der Waals surface area contributed by atoms with Crippen molar-refractivity contribution in [2.75, 3.05) is 21.2 Å². The van der Waals surface area contributed by atoms with Crippen LogP contribution in [0, 0.1) is 5.82 Å². The minimum absolute atomic E-state index is 0.129. The minimum atomic E-state index is -0.527. The van der Waals surface area contributed by atoms with E-state index in [1.807, 2.05) is 0 Å². The van der Waals surface area contributed by atoms with Crippen molar-refractivity contribution < 1.29 is 18.7 Å². The van der Waals surface area contributed by atoms with Crippen molar-refractivity contribution in [3.05, 3.63) is 59.4 Å². The Balaban J connectivity index is 2.40. The monoisotopic (exact) mass is 301 g/mol. The van der Waals surface area contributed by atoms with Gasteiger partial charge in [0.15, 0.2) is 0 Å². The highest BCUT2D eigenvalue weighted by Crippen LogP contribution is 2.25. The summed E-state index contributed by atoms with van der Waals surface area (Å²) >= 11 is 0. The largest absolute Gasteiger partial charge is 0.465 e. The summed E-state index contributed by atoms with van der Waals surface area (Å²) in [4.78, 5) is 24.8. The van der Waals surface area contributed by atoms with Crippen LogP contribution in [0.5, 0.6) is 0 Å². The second kappa shape index (κ2) is 6.39. The summed E-state index contributed by atoms with van der Waals surface area (Å²) in [6, 6.07) is 10.6. The fourth-order valence-electron chi connectivity index (χ4n) is 2.04. The van der Waals surface area contributed by atoms with E-state index in [2.05, 4.69) is 4.74 Å².